The quantitative estimate of drug-likeness (QED) is 0.434. The van der Waals surface area contributed by atoms with E-state index < -0.39 is 11.7 Å². The van der Waals surface area contributed by atoms with Crippen LogP contribution in [0.25, 0.3) is 22.8 Å². The van der Waals surface area contributed by atoms with Gasteiger partial charge in [0.25, 0.3) is 5.89 Å². The minimum absolute atomic E-state index is 0.0648. The second-order valence-electron chi connectivity index (χ2n) is 8.42. The minimum Gasteiger partial charge on any atom is -0.368 e. The lowest BCUT2D eigenvalue weighted by Crippen LogP contribution is -2.38. The van der Waals surface area contributed by atoms with E-state index in [2.05, 4.69) is 22.4 Å². The van der Waals surface area contributed by atoms with E-state index in [1.165, 1.54) is 6.07 Å². The number of piperidine rings is 1. The van der Waals surface area contributed by atoms with Crippen LogP contribution in [0.2, 0.25) is 0 Å². The van der Waals surface area contributed by atoms with Gasteiger partial charge in [0.2, 0.25) is 5.82 Å². The van der Waals surface area contributed by atoms with Gasteiger partial charge in [-0.3, -0.25) is 0 Å². The number of nitrogens with zero attached hydrogens (tertiary/aromatic N) is 3. The van der Waals surface area contributed by atoms with Crippen LogP contribution in [0.3, 0.4) is 0 Å². The number of hydrogen-bond donors (Lipinski definition) is 1. The predicted octanol–water partition coefficient (Wildman–Crippen LogP) is 6.11. The van der Waals surface area contributed by atoms with Gasteiger partial charge in [-0.15, -0.1) is 0 Å². The molecule has 0 aliphatic carbocycles. The third-order valence-electron chi connectivity index (χ3n) is 5.98. The minimum atomic E-state index is -4.48. The zero-order valence-corrected chi connectivity index (χ0v) is 18.7. The number of benzene rings is 2. The number of rotatable bonds is 7. The summed E-state index contributed by atoms with van der Waals surface area (Å²) in [5, 5.41) is 7.26. The van der Waals surface area contributed by atoms with Crippen LogP contribution in [-0.2, 0) is 12.7 Å². The first-order valence-electron chi connectivity index (χ1n) is 11.3. The first kappa shape index (κ1) is 23.3. The number of alkyl halides is 3. The average Bonchev–Trinajstić information content (AvgIpc) is 3.29. The molecule has 0 amide bonds. The maximum Gasteiger partial charge on any atom is 0.418 e. The SMILES string of the molecule is [CH2]CCNCc1ccc(-c2noc(-c3ccc(N4CCCC[C@H]4C)c(C(F)(F)F)c3)n2)cc1. The lowest BCUT2D eigenvalue weighted by molar-refractivity contribution is -0.137. The van der Waals surface area contributed by atoms with Crippen LogP contribution < -0.4 is 10.2 Å². The molecule has 0 spiro atoms. The predicted molar refractivity (Wildman–Crippen MR) is 123 cm³/mol. The zero-order chi connectivity index (χ0) is 23.4. The summed E-state index contributed by atoms with van der Waals surface area (Å²) in [7, 11) is 0. The fourth-order valence-electron chi connectivity index (χ4n) is 4.19. The highest BCUT2D eigenvalue weighted by Gasteiger charge is 2.37. The summed E-state index contributed by atoms with van der Waals surface area (Å²) in [6.07, 6.45) is -0.853. The summed E-state index contributed by atoms with van der Waals surface area (Å²) in [4.78, 5) is 6.20. The highest BCUT2D eigenvalue weighted by molar-refractivity contribution is 5.66. The molecule has 5 nitrogen and oxygen atoms in total. The second-order valence-corrected chi connectivity index (χ2v) is 8.42. The number of halogens is 3. The summed E-state index contributed by atoms with van der Waals surface area (Å²) >= 11 is 0. The van der Waals surface area contributed by atoms with E-state index in [9.17, 15) is 13.2 Å². The number of aromatic nitrogens is 2. The maximum absolute atomic E-state index is 13.9. The molecule has 0 bridgehead atoms. The van der Waals surface area contributed by atoms with Gasteiger partial charge in [0.1, 0.15) is 0 Å². The molecule has 2 aromatic carbocycles. The Morgan fingerprint density at radius 2 is 1.88 bits per heavy atom. The topological polar surface area (TPSA) is 54.2 Å². The number of hydrogen-bond acceptors (Lipinski definition) is 5. The lowest BCUT2D eigenvalue weighted by Gasteiger charge is -2.37. The molecular formula is C25H28F3N4O. The standard InChI is InChI=1S/C25H28F3N4O/c1-3-13-29-16-18-7-9-19(10-8-18)23-30-24(33-31-23)20-11-12-22(21(15-20)25(26,27)28)32-14-5-4-6-17(32)2/h7-12,15,17,29H,1,3-6,13-14,16H2,2H3/t17-/m1/s1. The first-order valence-corrected chi connectivity index (χ1v) is 11.3. The van der Waals surface area contributed by atoms with Crippen molar-refractivity contribution in [2.45, 2.75) is 51.4 Å². The van der Waals surface area contributed by atoms with Gasteiger partial charge in [0, 0.05) is 35.9 Å². The Morgan fingerprint density at radius 1 is 1.12 bits per heavy atom. The van der Waals surface area contributed by atoms with Crippen LogP contribution in [0.5, 0.6) is 0 Å². The van der Waals surface area contributed by atoms with Gasteiger partial charge in [-0.25, -0.2) is 0 Å². The molecule has 4 rings (SSSR count). The van der Waals surface area contributed by atoms with E-state index in [0.717, 1.165) is 56.0 Å². The smallest absolute Gasteiger partial charge is 0.368 e. The average molecular weight is 458 g/mol. The highest BCUT2D eigenvalue weighted by Crippen LogP contribution is 2.41. The Hall–Kier alpha value is -2.87. The van der Waals surface area contributed by atoms with Crippen LogP contribution in [-0.4, -0.2) is 29.3 Å². The van der Waals surface area contributed by atoms with Crippen LogP contribution >= 0.6 is 0 Å². The van der Waals surface area contributed by atoms with Crippen LogP contribution in [0.4, 0.5) is 18.9 Å². The molecule has 175 valence electrons. The van der Waals surface area contributed by atoms with Crippen molar-refractivity contribution in [1.29, 1.82) is 0 Å². The first-order chi connectivity index (χ1) is 15.9. The molecule has 1 aromatic heterocycles. The molecule has 1 N–H and O–H groups in total. The van der Waals surface area contributed by atoms with Gasteiger partial charge in [-0.05, 0) is 62.9 Å². The molecule has 8 heteroatoms. The van der Waals surface area contributed by atoms with Crippen molar-refractivity contribution in [2.75, 3.05) is 18.0 Å². The Bertz CT molecular complexity index is 1060. The van der Waals surface area contributed by atoms with Gasteiger partial charge in [-0.2, -0.15) is 18.2 Å². The van der Waals surface area contributed by atoms with Gasteiger partial charge in [0.15, 0.2) is 0 Å². The van der Waals surface area contributed by atoms with E-state index in [1.54, 1.807) is 6.07 Å². The molecule has 1 aliphatic heterocycles. The Morgan fingerprint density at radius 3 is 2.58 bits per heavy atom. The molecular weight excluding hydrogens is 429 g/mol. The van der Waals surface area contributed by atoms with Gasteiger partial charge in [0.05, 0.1) is 5.56 Å². The fraction of sp³-hybridized carbons (Fsp3) is 0.400. The summed E-state index contributed by atoms with van der Waals surface area (Å²) in [5.74, 6) is 0.402. The van der Waals surface area contributed by atoms with Crippen LogP contribution in [0, 0.1) is 6.92 Å². The van der Waals surface area contributed by atoms with Crippen LogP contribution in [0.1, 0.15) is 43.7 Å². The number of anilines is 1. The van der Waals surface area contributed by atoms with Gasteiger partial charge < -0.3 is 14.7 Å². The summed E-state index contributed by atoms with van der Waals surface area (Å²) in [5.41, 5.74) is 1.63. The van der Waals surface area contributed by atoms with Crippen molar-refractivity contribution < 1.29 is 17.7 Å². The van der Waals surface area contributed by atoms with Crippen molar-refractivity contribution >= 4 is 5.69 Å². The van der Waals surface area contributed by atoms with E-state index in [-0.39, 0.29) is 23.2 Å². The maximum atomic E-state index is 13.9. The Kier molecular flexibility index (Phi) is 7.02. The van der Waals surface area contributed by atoms with E-state index in [1.807, 2.05) is 36.1 Å². The zero-order valence-electron chi connectivity index (χ0n) is 18.7. The van der Waals surface area contributed by atoms with Crippen molar-refractivity contribution in [3.63, 3.8) is 0 Å². The third-order valence-corrected chi connectivity index (χ3v) is 5.98. The van der Waals surface area contributed by atoms with Gasteiger partial charge in [-0.1, -0.05) is 36.3 Å². The molecule has 33 heavy (non-hydrogen) atoms. The summed E-state index contributed by atoms with van der Waals surface area (Å²) in [6.45, 7) is 7.96. The normalized spacial score (nSPS) is 16.9. The second kappa shape index (κ2) is 9.95. The van der Waals surface area contributed by atoms with Crippen molar-refractivity contribution in [2.24, 2.45) is 0 Å². The van der Waals surface area contributed by atoms with E-state index >= 15 is 0 Å². The molecule has 1 atom stereocenters. The third kappa shape index (κ3) is 5.38. The molecule has 3 aromatic rings. The van der Waals surface area contributed by atoms with Crippen LogP contribution in [0.15, 0.2) is 47.0 Å². The molecule has 0 saturated carbocycles. The van der Waals surface area contributed by atoms with Gasteiger partial charge >= 0.3 is 6.18 Å². The van der Waals surface area contributed by atoms with E-state index in [0.29, 0.717) is 12.4 Å². The number of nitrogens with one attached hydrogen (secondary N) is 1. The monoisotopic (exact) mass is 457 g/mol. The summed E-state index contributed by atoms with van der Waals surface area (Å²) in [6, 6.07) is 12.0. The Labute approximate surface area is 192 Å². The fourth-order valence-corrected chi connectivity index (χ4v) is 4.19. The van der Waals surface area contributed by atoms with Crippen molar-refractivity contribution in [3.8, 4) is 22.8 Å². The molecule has 1 aliphatic rings. The molecule has 2 heterocycles. The largest absolute Gasteiger partial charge is 0.418 e. The molecule has 1 radical (unpaired) electrons. The highest BCUT2D eigenvalue weighted by atomic mass is 19.4. The molecule has 1 saturated heterocycles. The van der Waals surface area contributed by atoms with E-state index in [4.69, 9.17) is 4.52 Å². The Balaban J connectivity index is 1.59. The van der Waals surface area contributed by atoms with Crippen molar-refractivity contribution in [1.82, 2.24) is 15.5 Å². The van der Waals surface area contributed by atoms with Crippen molar-refractivity contribution in [3.05, 3.63) is 60.5 Å². The molecule has 1 fully saturated rings. The lowest BCUT2D eigenvalue weighted by atomic mass is 9.99. The summed E-state index contributed by atoms with van der Waals surface area (Å²) < 4.78 is 47.2. The molecule has 0 unspecified atom stereocenters.